The third-order valence-corrected chi connectivity index (χ3v) is 5.40. The minimum atomic E-state index is 0.447. The molecule has 3 heterocycles. The van der Waals surface area contributed by atoms with Gasteiger partial charge in [-0.1, -0.05) is 6.92 Å². The van der Waals surface area contributed by atoms with E-state index in [4.69, 9.17) is 0 Å². The van der Waals surface area contributed by atoms with Crippen molar-refractivity contribution in [3.8, 4) is 0 Å². The van der Waals surface area contributed by atoms with Gasteiger partial charge in [0.25, 0.3) is 0 Å². The van der Waals surface area contributed by atoms with Gasteiger partial charge in [0, 0.05) is 41.7 Å². The summed E-state index contributed by atoms with van der Waals surface area (Å²) in [5.41, 5.74) is 3.65. The molecule has 6 heteroatoms. The zero-order chi connectivity index (χ0) is 14.1. The Bertz CT molecular complexity index is 696. The first kappa shape index (κ1) is 13.7. The van der Waals surface area contributed by atoms with E-state index in [-0.39, 0.29) is 0 Å². The first-order chi connectivity index (χ1) is 9.66. The number of aromatic nitrogens is 3. The summed E-state index contributed by atoms with van der Waals surface area (Å²) in [4.78, 5) is 10.1. The molecule has 1 atom stereocenters. The normalized spacial score (nSPS) is 13.2. The molecule has 0 bridgehead atoms. The fourth-order valence-corrected chi connectivity index (χ4v) is 3.98. The summed E-state index contributed by atoms with van der Waals surface area (Å²) in [7, 11) is 0. The lowest BCUT2D eigenvalue weighted by atomic mass is 10.2. The van der Waals surface area contributed by atoms with Gasteiger partial charge in [0.05, 0.1) is 16.4 Å². The second-order valence-corrected chi connectivity index (χ2v) is 6.80. The molecule has 0 amide bonds. The molecule has 3 aromatic rings. The maximum absolute atomic E-state index is 4.61. The number of fused-ring (bicyclic) bond motifs is 1. The summed E-state index contributed by atoms with van der Waals surface area (Å²) in [5, 5.41) is 8.92. The lowest BCUT2D eigenvalue weighted by molar-refractivity contribution is 0.602. The second-order valence-electron chi connectivity index (χ2n) is 5.04. The highest BCUT2D eigenvalue weighted by Gasteiger charge is 2.13. The number of nitrogens with zero attached hydrogens (tertiary/aromatic N) is 3. The Balaban J connectivity index is 1.68. The molecule has 0 aliphatic heterocycles. The fraction of sp³-hybridized carbons (Fsp3) is 0.429. The standard InChI is InChI=1S/C14H18N4S2/c1-9(13-16-4-5-19-13)6-15-7-12-11(3)17-14-18(12)10(2)8-20-14/h4-5,8-9,15H,6-7H2,1-3H3. The molecule has 0 radical (unpaired) electrons. The largest absolute Gasteiger partial charge is 0.310 e. The first-order valence-electron chi connectivity index (χ1n) is 6.69. The molecule has 1 unspecified atom stereocenters. The van der Waals surface area contributed by atoms with Crippen molar-refractivity contribution in [1.29, 1.82) is 0 Å². The number of rotatable bonds is 5. The summed E-state index contributed by atoms with van der Waals surface area (Å²) in [6.07, 6.45) is 1.87. The molecule has 0 aliphatic carbocycles. The summed E-state index contributed by atoms with van der Waals surface area (Å²) in [6, 6.07) is 0. The number of hydrogen-bond donors (Lipinski definition) is 1. The zero-order valence-corrected chi connectivity index (χ0v) is 13.5. The van der Waals surface area contributed by atoms with Crippen LogP contribution in [0.3, 0.4) is 0 Å². The Morgan fingerprint density at radius 3 is 2.95 bits per heavy atom. The Morgan fingerprint density at radius 2 is 2.20 bits per heavy atom. The van der Waals surface area contributed by atoms with Gasteiger partial charge in [0.15, 0.2) is 4.96 Å². The summed E-state index contributed by atoms with van der Waals surface area (Å²) in [6.45, 7) is 8.21. The van der Waals surface area contributed by atoms with Crippen LogP contribution in [0.4, 0.5) is 0 Å². The minimum Gasteiger partial charge on any atom is -0.310 e. The Kier molecular flexibility index (Phi) is 3.87. The molecule has 3 aromatic heterocycles. The number of aryl methyl sites for hydroxylation is 2. The molecule has 0 saturated carbocycles. The van der Waals surface area contributed by atoms with Gasteiger partial charge in [-0.05, 0) is 13.8 Å². The van der Waals surface area contributed by atoms with Crippen molar-refractivity contribution < 1.29 is 0 Å². The Hall–Kier alpha value is -1.24. The van der Waals surface area contributed by atoms with Crippen LogP contribution in [0, 0.1) is 13.8 Å². The van der Waals surface area contributed by atoms with Crippen molar-refractivity contribution in [3.05, 3.63) is 39.0 Å². The molecular weight excluding hydrogens is 288 g/mol. The lowest BCUT2D eigenvalue weighted by Gasteiger charge is -2.10. The monoisotopic (exact) mass is 306 g/mol. The third kappa shape index (κ3) is 2.51. The van der Waals surface area contributed by atoms with E-state index in [9.17, 15) is 0 Å². The van der Waals surface area contributed by atoms with E-state index in [1.54, 1.807) is 22.7 Å². The quantitative estimate of drug-likeness (QED) is 0.786. The summed E-state index contributed by atoms with van der Waals surface area (Å²) >= 11 is 3.42. The van der Waals surface area contributed by atoms with Crippen molar-refractivity contribution in [3.63, 3.8) is 0 Å². The molecule has 20 heavy (non-hydrogen) atoms. The van der Waals surface area contributed by atoms with Crippen LogP contribution in [-0.2, 0) is 6.54 Å². The van der Waals surface area contributed by atoms with Gasteiger partial charge >= 0.3 is 0 Å². The van der Waals surface area contributed by atoms with E-state index in [0.717, 1.165) is 23.7 Å². The molecule has 4 nitrogen and oxygen atoms in total. The highest BCUT2D eigenvalue weighted by Crippen LogP contribution is 2.21. The van der Waals surface area contributed by atoms with Crippen molar-refractivity contribution in [2.75, 3.05) is 6.54 Å². The zero-order valence-electron chi connectivity index (χ0n) is 11.9. The average molecular weight is 306 g/mol. The smallest absolute Gasteiger partial charge is 0.194 e. The lowest BCUT2D eigenvalue weighted by Crippen LogP contribution is -2.21. The maximum Gasteiger partial charge on any atom is 0.194 e. The molecule has 0 spiro atoms. The van der Waals surface area contributed by atoms with E-state index < -0.39 is 0 Å². The van der Waals surface area contributed by atoms with E-state index in [0.29, 0.717) is 5.92 Å². The molecular formula is C14H18N4S2. The van der Waals surface area contributed by atoms with Crippen molar-refractivity contribution in [2.45, 2.75) is 33.2 Å². The van der Waals surface area contributed by atoms with E-state index in [2.05, 4.69) is 45.8 Å². The van der Waals surface area contributed by atoms with Gasteiger partial charge in [-0.2, -0.15) is 0 Å². The number of nitrogens with one attached hydrogen (secondary N) is 1. The Morgan fingerprint density at radius 1 is 1.35 bits per heavy atom. The van der Waals surface area contributed by atoms with Gasteiger partial charge in [0.2, 0.25) is 0 Å². The van der Waals surface area contributed by atoms with Crippen LogP contribution in [-0.4, -0.2) is 20.9 Å². The molecule has 3 rings (SSSR count). The minimum absolute atomic E-state index is 0.447. The van der Waals surface area contributed by atoms with Crippen LogP contribution in [0.1, 0.15) is 34.9 Å². The molecule has 0 aromatic carbocycles. The molecule has 0 fully saturated rings. The predicted molar refractivity (Wildman–Crippen MR) is 84.8 cm³/mol. The van der Waals surface area contributed by atoms with Gasteiger partial charge in [-0.25, -0.2) is 9.97 Å². The van der Waals surface area contributed by atoms with Crippen LogP contribution in [0.15, 0.2) is 17.0 Å². The second kappa shape index (κ2) is 5.63. The first-order valence-corrected chi connectivity index (χ1v) is 8.45. The van der Waals surface area contributed by atoms with Crippen molar-refractivity contribution >= 4 is 27.6 Å². The highest BCUT2D eigenvalue weighted by atomic mass is 32.1. The van der Waals surface area contributed by atoms with Gasteiger partial charge in [0.1, 0.15) is 0 Å². The van der Waals surface area contributed by atoms with Crippen LogP contribution in [0.25, 0.3) is 4.96 Å². The van der Waals surface area contributed by atoms with Gasteiger partial charge in [-0.3, -0.25) is 4.40 Å². The maximum atomic E-state index is 4.61. The van der Waals surface area contributed by atoms with E-state index in [1.165, 1.54) is 16.4 Å². The average Bonchev–Trinajstić information content (AvgIpc) is 3.11. The number of hydrogen-bond acceptors (Lipinski definition) is 5. The summed E-state index contributed by atoms with van der Waals surface area (Å²) in [5.74, 6) is 0.447. The van der Waals surface area contributed by atoms with Crippen LogP contribution >= 0.6 is 22.7 Å². The molecule has 0 aliphatic rings. The Labute approximate surface area is 126 Å². The van der Waals surface area contributed by atoms with E-state index >= 15 is 0 Å². The van der Waals surface area contributed by atoms with Gasteiger partial charge < -0.3 is 5.32 Å². The van der Waals surface area contributed by atoms with E-state index in [1.807, 2.05) is 11.6 Å². The third-order valence-electron chi connectivity index (χ3n) is 3.45. The van der Waals surface area contributed by atoms with Crippen LogP contribution < -0.4 is 5.32 Å². The van der Waals surface area contributed by atoms with Crippen molar-refractivity contribution in [2.24, 2.45) is 0 Å². The van der Waals surface area contributed by atoms with Crippen LogP contribution in [0.5, 0.6) is 0 Å². The van der Waals surface area contributed by atoms with Crippen molar-refractivity contribution in [1.82, 2.24) is 19.7 Å². The summed E-state index contributed by atoms with van der Waals surface area (Å²) < 4.78 is 2.25. The molecule has 0 saturated heterocycles. The number of imidazole rings is 1. The SMILES string of the molecule is Cc1nc2scc(C)n2c1CNCC(C)c1nccs1. The topological polar surface area (TPSA) is 42.2 Å². The molecule has 1 N–H and O–H groups in total. The van der Waals surface area contributed by atoms with Crippen LogP contribution in [0.2, 0.25) is 0 Å². The van der Waals surface area contributed by atoms with Gasteiger partial charge in [-0.15, -0.1) is 22.7 Å². The number of thiazole rings is 2. The predicted octanol–water partition coefficient (Wildman–Crippen LogP) is 3.36. The fourth-order valence-electron chi connectivity index (χ4n) is 2.35. The molecule has 106 valence electrons. The highest BCUT2D eigenvalue weighted by molar-refractivity contribution is 7.15.